The van der Waals surface area contributed by atoms with Gasteiger partial charge >= 0.3 is 0 Å². The monoisotopic (exact) mass is 384 g/mol. The van der Waals surface area contributed by atoms with Crippen molar-refractivity contribution in [3.8, 4) is 0 Å². The van der Waals surface area contributed by atoms with Crippen LogP contribution in [0.1, 0.15) is 51.5 Å². The SMILES string of the molecule is Cc1cc(C)c(C2C(=O)CC(CCNC(=O)c3cccc(F)n3)C2O)c(C)c1. The summed E-state index contributed by atoms with van der Waals surface area (Å²) in [5.41, 5.74) is 4.08. The number of nitrogens with one attached hydrogen (secondary N) is 1. The molecule has 0 aliphatic heterocycles. The molecule has 0 saturated heterocycles. The first-order chi connectivity index (χ1) is 13.3. The normalized spacial score (nSPS) is 21.8. The number of rotatable bonds is 5. The zero-order valence-electron chi connectivity index (χ0n) is 16.3. The van der Waals surface area contributed by atoms with Crippen LogP contribution in [0.15, 0.2) is 30.3 Å². The van der Waals surface area contributed by atoms with Crippen molar-refractivity contribution in [1.29, 1.82) is 0 Å². The van der Waals surface area contributed by atoms with E-state index in [1.165, 1.54) is 18.2 Å². The number of aryl methyl sites for hydroxylation is 3. The Morgan fingerprint density at radius 1 is 1.25 bits per heavy atom. The summed E-state index contributed by atoms with van der Waals surface area (Å²) in [7, 11) is 0. The number of ketones is 1. The third kappa shape index (κ3) is 4.12. The minimum Gasteiger partial charge on any atom is -0.392 e. The molecular weight excluding hydrogens is 359 g/mol. The summed E-state index contributed by atoms with van der Waals surface area (Å²) in [5, 5.41) is 13.5. The van der Waals surface area contributed by atoms with Crippen molar-refractivity contribution in [2.45, 2.75) is 45.6 Å². The number of carbonyl (C=O) groups excluding carboxylic acids is 2. The average molecular weight is 384 g/mol. The van der Waals surface area contributed by atoms with Gasteiger partial charge in [-0.15, -0.1) is 0 Å². The number of aromatic nitrogens is 1. The molecule has 3 rings (SSSR count). The molecule has 3 unspecified atom stereocenters. The molecule has 2 N–H and O–H groups in total. The van der Waals surface area contributed by atoms with Crippen molar-refractivity contribution in [2.24, 2.45) is 5.92 Å². The number of hydrogen-bond acceptors (Lipinski definition) is 4. The molecule has 0 bridgehead atoms. The lowest BCUT2D eigenvalue weighted by Gasteiger charge is -2.22. The topological polar surface area (TPSA) is 79.3 Å². The first-order valence-electron chi connectivity index (χ1n) is 9.47. The Hall–Kier alpha value is -2.60. The van der Waals surface area contributed by atoms with Crippen LogP contribution in [0.2, 0.25) is 0 Å². The Bertz CT molecular complexity index is 889. The second-order valence-electron chi connectivity index (χ2n) is 7.60. The number of aliphatic hydroxyl groups excluding tert-OH is 1. The van der Waals surface area contributed by atoms with Crippen molar-refractivity contribution in [3.63, 3.8) is 0 Å². The molecule has 1 heterocycles. The third-order valence-corrected chi connectivity index (χ3v) is 5.43. The van der Waals surface area contributed by atoms with E-state index in [0.717, 1.165) is 22.3 Å². The molecular formula is C22H25FN2O3. The third-order valence-electron chi connectivity index (χ3n) is 5.43. The van der Waals surface area contributed by atoms with Crippen molar-refractivity contribution < 1.29 is 19.1 Å². The number of pyridine rings is 1. The van der Waals surface area contributed by atoms with Crippen molar-refractivity contribution in [1.82, 2.24) is 10.3 Å². The van der Waals surface area contributed by atoms with Crippen LogP contribution in [0.5, 0.6) is 0 Å². The van der Waals surface area contributed by atoms with Gasteiger partial charge in [0.25, 0.3) is 5.91 Å². The average Bonchev–Trinajstić information content (AvgIpc) is 2.89. The Kier molecular flexibility index (Phi) is 5.89. The van der Waals surface area contributed by atoms with Crippen LogP contribution in [-0.4, -0.2) is 34.4 Å². The summed E-state index contributed by atoms with van der Waals surface area (Å²) in [6.45, 7) is 6.23. The fourth-order valence-corrected chi connectivity index (χ4v) is 4.25. The molecule has 0 radical (unpaired) electrons. The van der Waals surface area contributed by atoms with Gasteiger partial charge in [-0.2, -0.15) is 4.39 Å². The fraction of sp³-hybridized carbons (Fsp3) is 0.409. The predicted octanol–water partition coefficient (Wildman–Crippen LogP) is 3.00. The fourth-order valence-electron chi connectivity index (χ4n) is 4.25. The van der Waals surface area contributed by atoms with E-state index >= 15 is 0 Å². The van der Waals surface area contributed by atoms with Crippen LogP contribution in [-0.2, 0) is 4.79 Å². The molecule has 1 aromatic carbocycles. The van der Waals surface area contributed by atoms with Crippen LogP contribution in [0.25, 0.3) is 0 Å². The summed E-state index contributed by atoms with van der Waals surface area (Å²) in [6, 6.07) is 8.09. The van der Waals surface area contributed by atoms with Crippen molar-refractivity contribution in [2.75, 3.05) is 6.54 Å². The van der Waals surface area contributed by atoms with E-state index in [2.05, 4.69) is 10.3 Å². The summed E-state index contributed by atoms with van der Waals surface area (Å²) in [4.78, 5) is 28.2. The number of benzene rings is 1. The molecule has 3 atom stereocenters. The molecule has 1 aromatic heterocycles. The standard InChI is InChI=1S/C22H25FN2O3/c1-12-9-13(2)19(14(3)10-12)20-17(26)11-15(21(20)27)7-8-24-22(28)16-5-4-6-18(23)25-16/h4-6,9-10,15,20-21,27H,7-8,11H2,1-3H3,(H,24,28). The van der Waals surface area contributed by atoms with Gasteiger partial charge in [-0.25, -0.2) is 4.98 Å². The first-order valence-corrected chi connectivity index (χ1v) is 9.47. The minimum absolute atomic E-state index is 0.00632. The summed E-state index contributed by atoms with van der Waals surface area (Å²) >= 11 is 0. The number of hydrogen-bond donors (Lipinski definition) is 2. The lowest BCUT2D eigenvalue weighted by atomic mass is 9.85. The summed E-state index contributed by atoms with van der Waals surface area (Å²) < 4.78 is 13.1. The molecule has 1 aliphatic rings. The zero-order chi connectivity index (χ0) is 20.4. The first kappa shape index (κ1) is 20.1. The number of Topliss-reactive ketones (excluding diaryl/α,β-unsaturated/α-hetero) is 1. The van der Waals surface area contributed by atoms with E-state index < -0.39 is 23.9 Å². The van der Waals surface area contributed by atoms with Crippen LogP contribution >= 0.6 is 0 Å². The minimum atomic E-state index is -0.781. The smallest absolute Gasteiger partial charge is 0.269 e. The van der Waals surface area contributed by atoms with E-state index in [1.54, 1.807) is 0 Å². The van der Waals surface area contributed by atoms with Crippen molar-refractivity contribution in [3.05, 3.63) is 64.2 Å². The van der Waals surface area contributed by atoms with Gasteiger partial charge < -0.3 is 10.4 Å². The van der Waals surface area contributed by atoms with E-state index in [9.17, 15) is 19.1 Å². The molecule has 1 fully saturated rings. The molecule has 0 spiro atoms. The maximum Gasteiger partial charge on any atom is 0.269 e. The van der Waals surface area contributed by atoms with Crippen LogP contribution in [0.3, 0.4) is 0 Å². The van der Waals surface area contributed by atoms with Crippen molar-refractivity contribution >= 4 is 11.7 Å². The highest BCUT2D eigenvalue weighted by Gasteiger charge is 2.43. The Balaban J connectivity index is 1.64. The Morgan fingerprint density at radius 3 is 2.57 bits per heavy atom. The molecule has 2 aromatic rings. The van der Waals surface area contributed by atoms with Gasteiger partial charge in [0.15, 0.2) is 0 Å². The highest BCUT2D eigenvalue weighted by molar-refractivity contribution is 5.92. The second-order valence-corrected chi connectivity index (χ2v) is 7.60. The highest BCUT2D eigenvalue weighted by atomic mass is 19.1. The lowest BCUT2D eigenvalue weighted by molar-refractivity contribution is -0.119. The zero-order valence-corrected chi connectivity index (χ0v) is 16.3. The maximum absolute atomic E-state index is 13.1. The Morgan fingerprint density at radius 2 is 1.93 bits per heavy atom. The van der Waals surface area contributed by atoms with E-state index in [1.807, 2.05) is 32.9 Å². The lowest BCUT2D eigenvalue weighted by Crippen LogP contribution is -2.29. The second kappa shape index (κ2) is 8.19. The van der Waals surface area contributed by atoms with Crippen LogP contribution < -0.4 is 5.32 Å². The number of amides is 1. The molecule has 1 amide bonds. The molecule has 148 valence electrons. The van der Waals surface area contributed by atoms with Gasteiger partial charge in [-0.1, -0.05) is 23.8 Å². The maximum atomic E-state index is 13.1. The summed E-state index contributed by atoms with van der Waals surface area (Å²) in [6.07, 6.45) is -0.0297. The number of halogens is 1. The number of aliphatic hydroxyl groups is 1. The molecule has 28 heavy (non-hydrogen) atoms. The van der Waals surface area contributed by atoms with Gasteiger partial charge in [0.2, 0.25) is 5.95 Å². The van der Waals surface area contributed by atoms with Gasteiger partial charge in [-0.3, -0.25) is 9.59 Å². The quantitative estimate of drug-likeness (QED) is 0.777. The molecule has 1 saturated carbocycles. The van der Waals surface area contributed by atoms with Crippen LogP contribution in [0, 0.1) is 32.6 Å². The summed E-state index contributed by atoms with van der Waals surface area (Å²) in [5.74, 6) is -1.90. The van der Waals surface area contributed by atoms with E-state index in [0.29, 0.717) is 6.42 Å². The van der Waals surface area contributed by atoms with Gasteiger partial charge in [-0.05, 0) is 61.9 Å². The number of nitrogens with zero attached hydrogens (tertiary/aromatic N) is 1. The molecule has 6 heteroatoms. The molecule has 1 aliphatic carbocycles. The van der Waals surface area contributed by atoms with Gasteiger partial charge in [0.1, 0.15) is 11.5 Å². The molecule has 5 nitrogen and oxygen atoms in total. The van der Waals surface area contributed by atoms with Gasteiger partial charge in [0.05, 0.1) is 12.0 Å². The Labute approximate surface area is 164 Å². The number of carbonyl (C=O) groups is 2. The van der Waals surface area contributed by atoms with Crippen LogP contribution in [0.4, 0.5) is 4.39 Å². The van der Waals surface area contributed by atoms with E-state index in [-0.39, 0.29) is 30.4 Å². The van der Waals surface area contributed by atoms with Gasteiger partial charge in [0, 0.05) is 13.0 Å². The largest absolute Gasteiger partial charge is 0.392 e. The highest BCUT2D eigenvalue weighted by Crippen LogP contribution is 2.40. The predicted molar refractivity (Wildman–Crippen MR) is 104 cm³/mol. The van der Waals surface area contributed by atoms with E-state index in [4.69, 9.17) is 0 Å².